The lowest BCUT2D eigenvalue weighted by molar-refractivity contribution is -0.133. The lowest BCUT2D eigenvalue weighted by Gasteiger charge is -2.55. The molecule has 2 saturated carbocycles. The predicted molar refractivity (Wildman–Crippen MR) is 76.1 cm³/mol. The fourth-order valence-corrected chi connectivity index (χ4v) is 5.04. The molecule has 0 aromatic rings. The van der Waals surface area contributed by atoms with Crippen molar-refractivity contribution in [2.24, 2.45) is 11.3 Å². The first kappa shape index (κ1) is 13.4. The molecule has 2 nitrogen and oxygen atoms in total. The zero-order chi connectivity index (χ0) is 12.4. The Hall–Kier alpha value is 0.400. The summed E-state index contributed by atoms with van der Waals surface area (Å²) in [5, 5.41) is 0. The quantitative estimate of drug-likeness (QED) is 0.735. The van der Waals surface area contributed by atoms with E-state index in [-0.39, 0.29) is 0 Å². The van der Waals surface area contributed by atoms with Gasteiger partial charge in [0.25, 0.3) is 0 Å². The van der Waals surface area contributed by atoms with Crippen LogP contribution in [0.2, 0.25) is 0 Å². The summed E-state index contributed by atoms with van der Waals surface area (Å²) in [7, 11) is 0. The third kappa shape index (κ3) is 2.51. The van der Waals surface area contributed by atoms with Crippen molar-refractivity contribution in [3.63, 3.8) is 0 Å². The van der Waals surface area contributed by atoms with Crippen LogP contribution in [-0.2, 0) is 9.47 Å². The molecule has 3 fully saturated rings. The van der Waals surface area contributed by atoms with Crippen LogP contribution in [-0.4, -0.2) is 30.8 Å². The molecule has 18 heavy (non-hydrogen) atoms. The van der Waals surface area contributed by atoms with Crippen molar-refractivity contribution in [3.05, 3.63) is 0 Å². The molecule has 0 N–H and O–H groups in total. The van der Waals surface area contributed by atoms with Gasteiger partial charge in [-0.05, 0) is 38.0 Å². The van der Waals surface area contributed by atoms with E-state index in [0.29, 0.717) is 16.3 Å². The van der Waals surface area contributed by atoms with Crippen LogP contribution in [0.5, 0.6) is 0 Å². The minimum atomic E-state index is 0.490. The van der Waals surface area contributed by atoms with Gasteiger partial charge in [0.1, 0.15) is 0 Å². The van der Waals surface area contributed by atoms with Crippen LogP contribution in [0.1, 0.15) is 51.4 Å². The molecule has 2 atom stereocenters. The summed E-state index contributed by atoms with van der Waals surface area (Å²) in [5.41, 5.74) is 0.490. The van der Waals surface area contributed by atoms with Crippen LogP contribution >= 0.6 is 15.9 Å². The van der Waals surface area contributed by atoms with Gasteiger partial charge in [0.05, 0.1) is 6.10 Å². The van der Waals surface area contributed by atoms with E-state index in [1.807, 2.05) is 0 Å². The molecule has 3 aliphatic rings. The molecule has 0 aromatic carbocycles. The average Bonchev–Trinajstić information content (AvgIpc) is 2.45. The van der Waals surface area contributed by atoms with E-state index in [4.69, 9.17) is 9.47 Å². The number of alkyl halides is 1. The van der Waals surface area contributed by atoms with Crippen molar-refractivity contribution in [2.45, 2.75) is 62.3 Å². The Kier molecular flexibility index (Phi) is 4.32. The Labute approximate surface area is 119 Å². The molecule has 2 aliphatic carbocycles. The maximum atomic E-state index is 6.30. The Balaban J connectivity index is 1.50. The second-order valence-corrected chi connectivity index (χ2v) is 7.48. The molecule has 1 saturated heterocycles. The van der Waals surface area contributed by atoms with Gasteiger partial charge in [0.2, 0.25) is 0 Å². The van der Waals surface area contributed by atoms with E-state index >= 15 is 0 Å². The van der Waals surface area contributed by atoms with Crippen molar-refractivity contribution in [1.29, 1.82) is 0 Å². The Morgan fingerprint density at radius 2 is 1.83 bits per heavy atom. The second kappa shape index (κ2) is 5.80. The first-order chi connectivity index (χ1) is 8.81. The van der Waals surface area contributed by atoms with Crippen LogP contribution in [0.4, 0.5) is 0 Å². The monoisotopic (exact) mass is 316 g/mol. The number of halogens is 1. The van der Waals surface area contributed by atoms with Crippen molar-refractivity contribution >= 4 is 15.9 Å². The molecule has 1 heterocycles. The lowest BCUT2D eigenvalue weighted by Crippen LogP contribution is -2.56. The fraction of sp³-hybridized carbons (Fsp3) is 1.00. The minimum Gasteiger partial charge on any atom is -0.381 e. The van der Waals surface area contributed by atoms with Crippen LogP contribution in [0.3, 0.4) is 0 Å². The smallest absolute Gasteiger partial charge is 0.0653 e. The number of hydrogen-bond acceptors (Lipinski definition) is 2. The highest BCUT2D eigenvalue weighted by Gasteiger charge is 2.54. The van der Waals surface area contributed by atoms with Gasteiger partial charge in [0.15, 0.2) is 0 Å². The van der Waals surface area contributed by atoms with Gasteiger partial charge in [0, 0.05) is 30.1 Å². The summed E-state index contributed by atoms with van der Waals surface area (Å²) in [6, 6.07) is 0. The third-order valence-corrected chi connectivity index (χ3v) is 6.63. The molecule has 0 bridgehead atoms. The summed E-state index contributed by atoms with van der Waals surface area (Å²) in [4.78, 5) is 0.713. The molecular formula is C15H25BrO2. The number of hydrogen-bond donors (Lipinski definition) is 0. The van der Waals surface area contributed by atoms with Gasteiger partial charge in [-0.15, -0.1) is 0 Å². The van der Waals surface area contributed by atoms with E-state index in [1.54, 1.807) is 0 Å². The highest BCUT2D eigenvalue weighted by Crippen LogP contribution is 2.56. The minimum absolute atomic E-state index is 0.490. The Morgan fingerprint density at radius 1 is 1.11 bits per heavy atom. The van der Waals surface area contributed by atoms with E-state index < -0.39 is 0 Å². The van der Waals surface area contributed by atoms with Gasteiger partial charge in [-0.2, -0.15) is 0 Å². The van der Waals surface area contributed by atoms with Crippen LogP contribution in [0, 0.1) is 11.3 Å². The molecule has 1 spiro atoms. The van der Waals surface area contributed by atoms with E-state index in [1.165, 1.54) is 51.4 Å². The molecule has 0 radical (unpaired) electrons. The highest BCUT2D eigenvalue weighted by atomic mass is 79.9. The fourth-order valence-electron chi connectivity index (χ4n) is 3.94. The number of ether oxygens (including phenoxy) is 2. The zero-order valence-corrected chi connectivity index (χ0v) is 12.8. The predicted octanol–water partition coefficient (Wildman–Crippen LogP) is 3.92. The number of rotatable bonds is 3. The van der Waals surface area contributed by atoms with Crippen molar-refractivity contribution < 1.29 is 9.47 Å². The van der Waals surface area contributed by atoms with Crippen LogP contribution < -0.4 is 0 Å². The van der Waals surface area contributed by atoms with Gasteiger partial charge < -0.3 is 9.47 Å². The normalized spacial score (nSPS) is 36.5. The van der Waals surface area contributed by atoms with Crippen LogP contribution in [0.15, 0.2) is 0 Å². The zero-order valence-electron chi connectivity index (χ0n) is 11.2. The molecule has 1 aliphatic heterocycles. The molecular weight excluding hydrogens is 292 g/mol. The average molecular weight is 317 g/mol. The lowest BCUT2D eigenvalue weighted by atomic mass is 9.58. The van der Waals surface area contributed by atoms with Crippen molar-refractivity contribution in [3.8, 4) is 0 Å². The Bertz CT molecular complexity index is 270. The van der Waals surface area contributed by atoms with E-state index in [9.17, 15) is 0 Å². The molecule has 3 heteroatoms. The summed E-state index contributed by atoms with van der Waals surface area (Å²) < 4.78 is 11.7. The van der Waals surface area contributed by atoms with Gasteiger partial charge in [-0.25, -0.2) is 0 Å². The van der Waals surface area contributed by atoms with Crippen LogP contribution in [0.25, 0.3) is 0 Å². The standard InChI is InChI=1S/C15H25BrO2/c16-13-10-14(15(13)6-2-1-3-7-15)18-11-12-4-8-17-9-5-12/h12-14H,1-11H2. The van der Waals surface area contributed by atoms with Gasteiger partial charge in [-0.1, -0.05) is 35.2 Å². The molecule has 2 unspecified atom stereocenters. The summed E-state index contributed by atoms with van der Waals surface area (Å²) in [6.07, 6.45) is 11.1. The maximum Gasteiger partial charge on any atom is 0.0653 e. The van der Waals surface area contributed by atoms with Crippen molar-refractivity contribution in [2.75, 3.05) is 19.8 Å². The Morgan fingerprint density at radius 3 is 2.50 bits per heavy atom. The third-order valence-electron chi connectivity index (χ3n) is 5.34. The molecule has 104 valence electrons. The molecule has 0 amide bonds. The highest BCUT2D eigenvalue weighted by molar-refractivity contribution is 9.09. The SMILES string of the molecule is BrC1CC(OCC2CCOCC2)C12CCCCC2. The first-order valence-electron chi connectivity index (χ1n) is 7.65. The summed E-state index contributed by atoms with van der Waals surface area (Å²) in [6.45, 7) is 2.84. The second-order valence-electron chi connectivity index (χ2n) is 6.37. The van der Waals surface area contributed by atoms with Gasteiger partial charge >= 0.3 is 0 Å². The summed E-state index contributed by atoms with van der Waals surface area (Å²) >= 11 is 3.89. The van der Waals surface area contributed by atoms with Crippen molar-refractivity contribution in [1.82, 2.24) is 0 Å². The van der Waals surface area contributed by atoms with E-state index in [0.717, 1.165) is 25.7 Å². The van der Waals surface area contributed by atoms with Gasteiger partial charge in [-0.3, -0.25) is 0 Å². The topological polar surface area (TPSA) is 18.5 Å². The van der Waals surface area contributed by atoms with E-state index in [2.05, 4.69) is 15.9 Å². The molecule has 3 rings (SSSR count). The molecule has 0 aromatic heterocycles. The maximum absolute atomic E-state index is 6.30. The largest absolute Gasteiger partial charge is 0.381 e. The summed E-state index contributed by atoms with van der Waals surface area (Å²) in [5.74, 6) is 0.744. The first-order valence-corrected chi connectivity index (χ1v) is 8.56.